The maximum atomic E-state index is 13.3. The molecule has 1 aliphatic heterocycles. The molecule has 1 aromatic carbocycles. The molecule has 0 bridgehead atoms. The van der Waals surface area contributed by atoms with Crippen molar-refractivity contribution in [1.29, 1.82) is 0 Å². The Bertz CT molecular complexity index is 729. The highest BCUT2D eigenvalue weighted by Crippen LogP contribution is 2.35. The van der Waals surface area contributed by atoms with Crippen molar-refractivity contribution < 1.29 is 14.0 Å². The van der Waals surface area contributed by atoms with E-state index in [1.54, 1.807) is 7.05 Å². The van der Waals surface area contributed by atoms with E-state index in [1.807, 2.05) is 4.90 Å². The van der Waals surface area contributed by atoms with E-state index < -0.39 is 17.6 Å². The Morgan fingerprint density at radius 3 is 2.42 bits per heavy atom. The number of benzene rings is 1. The molecule has 1 aliphatic carbocycles. The van der Waals surface area contributed by atoms with Gasteiger partial charge in [0.05, 0.1) is 10.7 Å². The van der Waals surface area contributed by atoms with Crippen LogP contribution in [0.5, 0.6) is 0 Å². The van der Waals surface area contributed by atoms with Gasteiger partial charge in [-0.25, -0.2) is 9.29 Å². The smallest absolute Gasteiger partial charge is 0.283 e. The number of likely N-dealkylation sites (N-methyl/N-ethyl adjacent to an activating group) is 1. The van der Waals surface area contributed by atoms with Crippen LogP contribution in [0.1, 0.15) is 32.1 Å². The zero-order valence-electron chi connectivity index (χ0n) is 13.2. The number of amides is 2. The van der Waals surface area contributed by atoms with Gasteiger partial charge in [-0.05, 0) is 31.0 Å². The van der Waals surface area contributed by atoms with Crippen LogP contribution in [-0.2, 0) is 9.59 Å². The molecule has 0 N–H and O–H groups in total. The van der Waals surface area contributed by atoms with E-state index in [0.717, 1.165) is 36.6 Å². The fourth-order valence-electron chi connectivity index (χ4n) is 3.31. The third-order valence-corrected chi connectivity index (χ3v) is 5.27. The van der Waals surface area contributed by atoms with Crippen LogP contribution in [-0.4, -0.2) is 29.8 Å². The first-order valence-electron chi connectivity index (χ1n) is 7.88. The summed E-state index contributed by atoms with van der Waals surface area (Å²) in [5.41, 5.74) is 0.413. The molecule has 128 valence electrons. The predicted molar refractivity (Wildman–Crippen MR) is 91.4 cm³/mol. The summed E-state index contributed by atoms with van der Waals surface area (Å²) in [7, 11) is 1.79. The lowest BCUT2D eigenvalue weighted by atomic mass is 9.94. The number of carbonyl (C=O) groups is 2. The molecule has 0 atom stereocenters. The number of nitrogens with zero attached hydrogens (tertiary/aromatic N) is 2. The highest BCUT2D eigenvalue weighted by molar-refractivity contribution is 6.52. The van der Waals surface area contributed by atoms with Gasteiger partial charge in [0.2, 0.25) is 0 Å². The molecule has 4 nitrogen and oxygen atoms in total. The van der Waals surface area contributed by atoms with Gasteiger partial charge in [-0.1, -0.05) is 42.5 Å². The lowest BCUT2D eigenvalue weighted by molar-refractivity contribution is -0.121. The average molecular weight is 371 g/mol. The van der Waals surface area contributed by atoms with E-state index in [0.29, 0.717) is 0 Å². The summed E-state index contributed by atoms with van der Waals surface area (Å²) >= 11 is 11.9. The third-order valence-electron chi connectivity index (χ3n) is 4.64. The van der Waals surface area contributed by atoms with Crippen LogP contribution in [0.15, 0.2) is 28.9 Å². The number of imide groups is 1. The minimum Gasteiger partial charge on any atom is -0.366 e. The molecule has 1 saturated carbocycles. The maximum Gasteiger partial charge on any atom is 0.283 e. The van der Waals surface area contributed by atoms with Crippen LogP contribution >= 0.6 is 23.2 Å². The maximum absolute atomic E-state index is 13.3. The van der Waals surface area contributed by atoms with Gasteiger partial charge < -0.3 is 4.90 Å². The van der Waals surface area contributed by atoms with Crippen molar-refractivity contribution >= 4 is 40.7 Å². The van der Waals surface area contributed by atoms with Gasteiger partial charge in [0, 0.05) is 13.1 Å². The largest absolute Gasteiger partial charge is 0.366 e. The molecule has 3 rings (SSSR count). The first kappa shape index (κ1) is 17.2. The molecule has 0 unspecified atom stereocenters. The van der Waals surface area contributed by atoms with E-state index in [2.05, 4.69) is 0 Å². The number of hydrogen-bond donors (Lipinski definition) is 0. The molecule has 0 spiro atoms. The monoisotopic (exact) mass is 370 g/mol. The second-order valence-electron chi connectivity index (χ2n) is 6.11. The fraction of sp³-hybridized carbons (Fsp3) is 0.412. The SMILES string of the molecule is CN(C1=C(Cl)C(=O)N(c2ccc(F)c(Cl)c2)C1=O)C1CCCCC1. The summed E-state index contributed by atoms with van der Waals surface area (Å²) < 4.78 is 13.3. The molecule has 24 heavy (non-hydrogen) atoms. The van der Waals surface area contributed by atoms with Gasteiger partial charge in [0.15, 0.2) is 0 Å². The van der Waals surface area contributed by atoms with Gasteiger partial charge in [-0.15, -0.1) is 0 Å². The number of rotatable bonds is 3. The van der Waals surface area contributed by atoms with Gasteiger partial charge in [-0.3, -0.25) is 9.59 Å². The molecule has 2 aliphatic rings. The normalized spacial score (nSPS) is 19.4. The van der Waals surface area contributed by atoms with E-state index in [-0.39, 0.29) is 27.5 Å². The van der Waals surface area contributed by atoms with E-state index in [4.69, 9.17) is 23.2 Å². The lowest BCUT2D eigenvalue weighted by Crippen LogP contribution is -2.38. The minimum atomic E-state index is -0.613. The Morgan fingerprint density at radius 1 is 1.12 bits per heavy atom. The van der Waals surface area contributed by atoms with Crippen molar-refractivity contribution in [2.45, 2.75) is 38.1 Å². The van der Waals surface area contributed by atoms with Crippen molar-refractivity contribution in [1.82, 2.24) is 4.90 Å². The molecule has 7 heteroatoms. The van der Waals surface area contributed by atoms with E-state index >= 15 is 0 Å². The number of carbonyl (C=O) groups excluding carboxylic acids is 2. The van der Waals surface area contributed by atoms with Crippen LogP contribution in [0, 0.1) is 5.82 Å². The summed E-state index contributed by atoms with van der Waals surface area (Å²) in [6.45, 7) is 0. The van der Waals surface area contributed by atoms with Crippen LogP contribution in [0.25, 0.3) is 0 Å². The molecule has 2 amide bonds. The van der Waals surface area contributed by atoms with Crippen LogP contribution in [0.3, 0.4) is 0 Å². The molecule has 0 aromatic heterocycles. The topological polar surface area (TPSA) is 40.6 Å². The van der Waals surface area contributed by atoms with Gasteiger partial charge in [0.25, 0.3) is 11.8 Å². The zero-order chi connectivity index (χ0) is 17.4. The van der Waals surface area contributed by atoms with E-state index in [1.165, 1.54) is 18.6 Å². The summed E-state index contributed by atoms with van der Waals surface area (Å²) in [5.74, 6) is -1.72. The molecule has 0 radical (unpaired) electrons. The minimum absolute atomic E-state index is 0.103. The zero-order valence-corrected chi connectivity index (χ0v) is 14.7. The number of anilines is 1. The fourth-order valence-corrected chi connectivity index (χ4v) is 3.78. The van der Waals surface area contributed by atoms with Crippen molar-refractivity contribution in [3.05, 3.63) is 39.8 Å². The quantitative estimate of drug-likeness (QED) is 0.753. The first-order chi connectivity index (χ1) is 11.4. The molecule has 1 fully saturated rings. The van der Waals surface area contributed by atoms with E-state index in [9.17, 15) is 14.0 Å². The summed E-state index contributed by atoms with van der Waals surface area (Å²) in [6.07, 6.45) is 5.31. The predicted octanol–water partition coefficient (Wildman–Crippen LogP) is 4.07. The number of hydrogen-bond acceptors (Lipinski definition) is 3. The Morgan fingerprint density at radius 2 is 1.79 bits per heavy atom. The first-order valence-corrected chi connectivity index (χ1v) is 8.64. The Kier molecular flexibility index (Phi) is 4.83. The summed E-state index contributed by atoms with van der Waals surface area (Å²) in [4.78, 5) is 28.0. The standard InChI is InChI=1S/C17H17Cl2FN2O2/c1-21(10-5-3-2-4-6-10)15-14(19)16(23)22(17(15)24)11-7-8-13(20)12(18)9-11/h7-10H,2-6H2,1H3. The Balaban J connectivity index is 1.90. The second kappa shape index (κ2) is 6.73. The van der Waals surface area contributed by atoms with Crippen LogP contribution in [0.4, 0.5) is 10.1 Å². The second-order valence-corrected chi connectivity index (χ2v) is 6.89. The van der Waals surface area contributed by atoms with Crippen molar-refractivity contribution in [3.63, 3.8) is 0 Å². The molecular formula is C17H17Cl2FN2O2. The summed E-state index contributed by atoms with van der Waals surface area (Å²) in [5, 5.41) is -0.258. The van der Waals surface area contributed by atoms with Gasteiger partial charge >= 0.3 is 0 Å². The van der Waals surface area contributed by atoms with Crippen LogP contribution < -0.4 is 4.90 Å². The highest BCUT2D eigenvalue weighted by atomic mass is 35.5. The third kappa shape index (κ3) is 2.91. The highest BCUT2D eigenvalue weighted by Gasteiger charge is 2.42. The van der Waals surface area contributed by atoms with Crippen molar-refractivity contribution in [2.75, 3.05) is 11.9 Å². The lowest BCUT2D eigenvalue weighted by Gasteiger charge is -2.33. The molecule has 1 heterocycles. The average Bonchev–Trinajstić information content (AvgIpc) is 2.80. The molecule has 1 aromatic rings. The van der Waals surface area contributed by atoms with Crippen molar-refractivity contribution in [2.24, 2.45) is 0 Å². The van der Waals surface area contributed by atoms with Crippen LogP contribution in [0.2, 0.25) is 5.02 Å². The van der Waals surface area contributed by atoms with Gasteiger partial charge in [0.1, 0.15) is 16.5 Å². The number of halogens is 3. The molecular weight excluding hydrogens is 354 g/mol. The molecule has 0 saturated heterocycles. The Labute approximate surface area is 149 Å². The van der Waals surface area contributed by atoms with Gasteiger partial charge in [-0.2, -0.15) is 0 Å². The summed E-state index contributed by atoms with van der Waals surface area (Å²) in [6, 6.07) is 3.90. The van der Waals surface area contributed by atoms with Crippen molar-refractivity contribution in [3.8, 4) is 0 Å². The Hall–Kier alpha value is -1.59.